The molecule has 3 aromatic heterocycles. The van der Waals surface area contributed by atoms with Crippen LogP contribution in [-0.4, -0.2) is 47.1 Å². The molecule has 1 saturated heterocycles. The van der Waals surface area contributed by atoms with Gasteiger partial charge in [0.2, 0.25) is 0 Å². The predicted molar refractivity (Wildman–Crippen MR) is 145 cm³/mol. The van der Waals surface area contributed by atoms with Crippen LogP contribution in [0, 0.1) is 17.2 Å². The zero-order chi connectivity index (χ0) is 25.6. The minimum atomic E-state index is 0.415. The molecule has 1 aliphatic heterocycles. The van der Waals surface area contributed by atoms with Gasteiger partial charge < -0.3 is 14.2 Å². The number of thiophene rings is 1. The molecule has 4 heterocycles. The Morgan fingerprint density at radius 3 is 2.76 bits per heavy atom. The highest BCUT2D eigenvalue weighted by molar-refractivity contribution is 7.12. The summed E-state index contributed by atoms with van der Waals surface area (Å²) >= 11 is 1.61. The van der Waals surface area contributed by atoms with Crippen molar-refractivity contribution in [3.05, 3.63) is 75.4 Å². The number of fused-ring (bicyclic) bond motifs is 1. The number of nitrogens with zero attached hydrogens (tertiary/aromatic N) is 5. The van der Waals surface area contributed by atoms with Gasteiger partial charge in [0.1, 0.15) is 23.3 Å². The number of likely N-dealkylation sites (tertiary alicyclic amines) is 1. The fraction of sp³-hybridized carbons (Fsp3) is 0.414. The summed E-state index contributed by atoms with van der Waals surface area (Å²) in [5.41, 5.74) is 3.78. The molecule has 0 aliphatic carbocycles. The number of aromatic nitrogens is 2. The van der Waals surface area contributed by atoms with E-state index in [0.717, 1.165) is 71.0 Å². The molecule has 0 unspecified atom stereocenters. The highest BCUT2D eigenvalue weighted by Crippen LogP contribution is 2.33. The lowest BCUT2D eigenvalue weighted by atomic mass is 9.91. The first-order valence-electron chi connectivity index (χ1n) is 12.9. The second kappa shape index (κ2) is 11.9. The number of benzene rings is 1. The summed E-state index contributed by atoms with van der Waals surface area (Å²) in [5, 5.41) is 14.6. The van der Waals surface area contributed by atoms with Crippen LogP contribution in [0.4, 0.5) is 0 Å². The first kappa shape index (κ1) is 25.4. The Kier molecular flexibility index (Phi) is 8.15. The number of ether oxygens (including phenoxy) is 1. The third-order valence-corrected chi connectivity index (χ3v) is 7.97. The molecule has 0 atom stereocenters. The molecule has 1 aliphatic rings. The second-order valence-electron chi connectivity index (χ2n) is 10.0. The SMILES string of the molecule is CN(C)Cc1c(OCc2ccccn2)ccc2c(CCC3CCN(Cc4ccc(C#N)s4)CC3)noc12. The van der Waals surface area contributed by atoms with E-state index in [1.54, 1.807) is 17.5 Å². The van der Waals surface area contributed by atoms with E-state index < -0.39 is 0 Å². The maximum absolute atomic E-state index is 9.05. The number of piperidine rings is 1. The molecule has 0 saturated carbocycles. The molecule has 0 radical (unpaired) electrons. The Morgan fingerprint density at radius 2 is 2.03 bits per heavy atom. The Morgan fingerprint density at radius 1 is 1.16 bits per heavy atom. The van der Waals surface area contributed by atoms with Gasteiger partial charge in [-0.15, -0.1) is 11.3 Å². The smallest absolute Gasteiger partial charge is 0.175 e. The number of pyridine rings is 1. The van der Waals surface area contributed by atoms with Crippen molar-refractivity contribution in [2.75, 3.05) is 27.2 Å². The van der Waals surface area contributed by atoms with E-state index in [2.05, 4.69) is 38.1 Å². The molecular formula is C29H33N5O2S. The number of aryl methyl sites for hydroxylation is 1. The van der Waals surface area contributed by atoms with E-state index >= 15 is 0 Å². The average molecular weight is 516 g/mol. The molecule has 7 nitrogen and oxygen atoms in total. The van der Waals surface area contributed by atoms with Gasteiger partial charge in [-0.05, 0) is 95.2 Å². The van der Waals surface area contributed by atoms with Crippen molar-refractivity contribution >= 4 is 22.3 Å². The maximum Gasteiger partial charge on any atom is 0.175 e. The third-order valence-electron chi connectivity index (χ3n) is 7.00. The standard InChI is InChI=1S/C29H33N5O2S/c1-33(2)19-26-28(35-20-22-5-3-4-14-31-22)11-9-25-27(32-36-29(25)26)10-6-21-12-15-34(16-13-21)18-24-8-7-23(17-30)37-24/h3-5,7-9,11,14,21H,6,10,12-13,15-16,18-20H2,1-2H3. The second-order valence-corrected chi connectivity index (χ2v) is 11.2. The molecule has 4 aromatic rings. The summed E-state index contributed by atoms with van der Waals surface area (Å²) in [6, 6.07) is 16.2. The molecule has 37 heavy (non-hydrogen) atoms. The Hall–Kier alpha value is -3.25. The lowest BCUT2D eigenvalue weighted by molar-refractivity contribution is 0.173. The van der Waals surface area contributed by atoms with Gasteiger partial charge in [0.25, 0.3) is 0 Å². The van der Waals surface area contributed by atoms with Gasteiger partial charge >= 0.3 is 0 Å². The fourth-order valence-electron chi connectivity index (χ4n) is 5.03. The van der Waals surface area contributed by atoms with E-state index in [0.29, 0.717) is 19.1 Å². The van der Waals surface area contributed by atoms with Crippen molar-refractivity contribution in [1.82, 2.24) is 19.9 Å². The highest BCUT2D eigenvalue weighted by atomic mass is 32.1. The van der Waals surface area contributed by atoms with Crippen molar-refractivity contribution in [3.8, 4) is 11.8 Å². The number of hydrogen-bond donors (Lipinski definition) is 0. The highest BCUT2D eigenvalue weighted by Gasteiger charge is 2.22. The lowest BCUT2D eigenvalue weighted by Gasteiger charge is -2.31. The van der Waals surface area contributed by atoms with Crippen LogP contribution in [0.2, 0.25) is 0 Å². The van der Waals surface area contributed by atoms with Gasteiger partial charge in [0.15, 0.2) is 5.58 Å². The van der Waals surface area contributed by atoms with Gasteiger partial charge in [-0.3, -0.25) is 9.88 Å². The summed E-state index contributed by atoms with van der Waals surface area (Å²) < 4.78 is 12.1. The van der Waals surface area contributed by atoms with Crippen LogP contribution in [0.3, 0.4) is 0 Å². The van der Waals surface area contributed by atoms with Crippen molar-refractivity contribution in [2.24, 2.45) is 5.92 Å². The molecule has 192 valence electrons. The molecule has 1 aromatic carbocycles. The van der Waals surface area contributed by atoms with E-state index in [4.69, 9.17) is 14.5 Å². The largest absolute Gasteiger partial charge is 0.487 e. The summed E-state index contributed by atoms with van der Waals surface area (Å²) in [4.78, 5) is 11.1. The normalized spacial score (nSPS) is 14.9. The van der Waals surface area contributed by atoms with Gasteiger partial charge in [-0.25, -0.2) is 0 Å². The zero-order valence-corrected chi connectivity index (χ0v) is 22.3. The summed E-state index contributed by atoms with van der Waals surface area (Å²) in [5.74, 6) is 1.51. The number of nitriles is 1. The van der Waals surface area contributed by atoms with Crippen LogP contribution >= 0.6 is 11.3 Å². The summed E-state index contributed by atoms with van der Waals surface area (Å²) in [7, 11) is 4.10. The van der Waals surface area contributed by atoms with Crippen molar-refractivity contribution in [3.63, 3.8) is 0 Å². The fourth-order valence-corrected chi connectivity index (χ4v) is 5.87. The van der Waals surface area contributed by atoms with Gasteiger partial charge in [0.05, 0.1) is 17.0 Å². The van der Waals surface area contributed by atoms with Crippen LogP contribution in [0.5, 0.6) is 5.75 Å². The number of rotatable bonds is 10. The summed E-state index contributed by atoms with van der Waals surface area (Å²) in [6.45, 7) is 4.29. The van der Waals surface area contributed by atoms with Crippen molar-refractivity contribution < 1.29 is 9.26 Å². The molecule has 8 heteroatoms. The quantitative estimate of drug-likeness (QED) is 0.270. The molecule has 0 N–H and O–H groups in total. The predicted octanol–water partition coefficient (Wildman–Crippen LogP) is 5.64. The van der Waals surface area contributed by atoms with Crippen molar-refractivity contribution in [1.29, 1.82) is 5.26 Å². The lowest BCUT2D eigenvalue weighted by Crippen LogP contribution is -2.33. The first-order valence-corrected chi connectivity index (χ1v) is 13.7. The molecule has 0 bridgehead atoms. The zero-order valence-electron chi connectivity index (χ0n) is 21.5. The van der Waals surface area contributed by atoms with Crippen LogP contribution in [0.15, 0.2) is 53.2 Å². The Labute approximate surface area is 222 Å². The van der Waals surface area contributed by atoms with Crippen LogP contribution in [0.1, 0.15) is 46.0 Å². The number of hydrogen-bond acceptors (Lipinski definition) is 8. The van der Waals surface area contributed by atoms with Crippen LogP contribution in [0.25, 0.3) is 11.0 Å². The van der Waals surface area contributed by atoms with E-state index in [-0.39, 0.29) is 0 Å². The summed E-state index contributed by atoms with van der Waals surface area (Å²) in [6.07, 6.45) is 6.22. The minimum Gasteiger partial charge on any atom is -0.487 e. The molecule has 1 fully saturated rings. The molecule has 0 spiro atoms. The maximum atomic E-state index is 9.05. The minimum absolute atomic E-state index is 0.415. The monoisotopic (exact) mass is 515 g/mol. The Bertz CT molecular complexity index is 1350. The van der Waals surface area contributed by atoms with E-state index in [1.165, 1.54) is 17.7 Å². The molecule has 0 amide bonds. The topological polar surface area (TPSA) is 78.4 Å². The van der Waals surface area contributed by atoms with Crippen molar-refractivity contribution in [2.45, 2.75) is 45.4 Å². The van der Waals surface area contributed by atoms with Gasteiger partial charge in [-0.1, -0.05) is 11.2 Å². The first-order chi connectivity index (χ1) is 18.1. The van der Waals surface area contributed by atoms with E-state index in [9.17, 15) is 0 Å². The average Bonchev–Trinajstić information content (AvgIpc) is 3.55. The van der Waals surface area contributed by atoms with Gasteiger partial charge in [-0.2, -0.15) is 5.26 Å². The van der Waals surface area contributed by atoms with Crippen LogP contribution < -0.4 is 4.74 Å². The molecular weight excluding hydrogens is 482 g/mol. The third kappa shape index (κ3) is 6.37. The van der Waals surface area contributed by atoms with Crippen LogP contribution in [-0.2, 0) is 26.1 Å². The van der Waals surface area contributed by atoms with Gasteiger partial charge in [0, 0.05) is 29.5 Å². The van der Waals surface area contributed by atoms with E-state index in [1.807, 2.05) is 44.4 Å². The Balaban J connectivity index is 1.20. The molecule has 5 rings (SSSR count).